The molecule has 0 saturated carbocycles. The number of hydrogen-bond acceptors (Lipinski definition) is 3. The van der Waals surface area contributed by atoms with Gasteiger partial charge in [-0.3, -0.25) is 0 Å². The van der Waals surface area contributed by atoms with Crippen LogP contribution in [0.1, 0.15) is 12.0 Å². The van der Waals surface area contributed by atoms with E-state index in [4.69, 9.17) is 4.74 Å². The Labute approximate surface area is 115 Å². The number of halogens is 1. The molecule has 0 spiro atoms. The number of fused-ring (bicyclic) bond motifs is 1. The lowest BCUT2D eigenvalue weighted by atomic mass is 10.1. The Bertz CT molecular complexity index is 406. The minimum atomic E-state index is 0.310. The van der Waals surface area contributed by atoms with Crippen molar-refractivity contribution in [1.82, 2.24) is 5.32 Å². The number of hydrogen-bond donors (Lipinski definition) is 1. The summed E-state index contributed by atoms with van der Waals surface area (Å²) in [7, 11) is 0. The third-order valence-electron chi connectivity index (χ3n) is 3.33. The van der Waals surface area contributed by atoms with Crippen LogP contribution in [0.25, 0.3) is 0 Å². The fraction of sp³-hybridized carbons (Fsp3) is 0.538. The van der Waals surface area contributed by atoms with E-state index in [0.717, 1.165) is 23.2 Å². The number of ether oxygens (including phenoxy) is 1. The Morgan fingerprint density at radius 2 is 2.41 bits per heavy atom. The van der Waals surface area contributed by atoms with Crippen molar-refractivity contribution in [3.8, 4) is 5.75 Å². The van der Waals surface area contributed by atoms with E-state index in [1.807, 2.05) is 17.8 Å². The first-order chi connectivity index (χ1) is 8.31. The Balaban J connectivity index is 1.55. The predicted molar refractivity (Wildman–Crippen MR) is 76.0 cm³/mol. The van der Waals surface area contributed by atoms with Gasteiger partial charge in [0.05, 0.1) is 0 Å². The van der Waals surface area contributed by atoms with Crippen LogP contribution >= 0.6 is 27.7 Å². The highest BCUT2D eigenvalue weighted by molar-refractivity contribution is 9.10. The van der Waals surface area contributed by atoms with Crippen molar-refractivity contribution in [1.29, 1.82) is 0 Å². The summed E-state index contributed by atoms with van der Waals surface area (Å²) >= 11 is 5.55. The first-order valence-corrected chi connectivity index (χ1v) is 8.02. The number of thioether (sulfide) groups is 1. The monoisotopic (exact) mass is 313 g/mol. The number of nitrogens with one attached hydrogen (secondary N) is 1. The summed E-state index contributed by atoms with van der Waals surface area (Å²) in [5, 5.41) is 3.62. The normalized spacial score (nSPS) is 26.9. The first-order valence-electron chi connectivity index (χ1n) is 6.07. The van der Waals surface area contributed by atoms with Gasteiger partial charge in [-0.05, 0) is 35.9 Å². The van der Waals surface area contributed by atoms with E-state index in [2.05, 4.69) is 33.4 Å². The molecule has 17 heavy (non-hydrogen) atoms. The van der Waals surface area contributed by atoms with Crippen molar-refractivity contribution in [2.75, 3.05) is 18.1 Å². The highest BCUT2D eigenvalue weighted by atomic mass is 79.9. The molecule has 92 valence electrons. The smallest absolute Gasteiger partial charge is 0.123 e. The zero-order valence-electron chi connectivity index (χ0n) is 9.62. The van der Waals surface area contributed by atoms with Crippen LogP contribution in [0.3, 0.4) is 0 Å². The second-order valence-corrected chi connectivity index (χ2v) is 6.73. The number of benzene rings is 1. The fourth-order valence-electron chi connectivity index (χ4n) is 2.40. The molecule has 1 aromatic rings. The van der Waals surface area contributed by atoms with E-state index in [-0.39, 0.29) is 0 Å². The first kappa shape index (κ1) is 11.9. The summed E-state index contributed by atoms with van der Waals surface area (Å²) < 4.78 is 7.07. The van der Waals surface area contributed by atoms with E-state index < -0.39 is 0 Å². The van der Waals surface area contributed by atoms with Gasteiger partial charge in [0.15, 0.2) is 0 Å². The average Bonchev–Trinajstić information content (AvgIpc) is 2.94. The molecular weight excluding hydrogens is 298 g/mol. The highest BCUT2D eigenvalue weighted by Gasteiger charge is 2.24. The maximum atomic E-state index is 5.93. The van der Waals surface area contributed by atoms with E-state index in [9.17, 15) is 0 Å². The molecule has 0 amide bonds. The topological polar surface area (TPSA) is 21.3 Å². The Morgan fingerprint density at radius 3 is 3.24 bits per heavy atom. The van der Waals surface area contributed by atoms with Gasteiger partial charge in [-0.25, -0.2) is 0 Å². The van der Waals surface area contributed by atoms with Crippen molar-refractivity contribution in [3.63, 3.8) is 0 Å². The molecule has 2 heterocycles. The van der Waals surface area contributed by atoms with E-state index in [1.54, 1.807) is 0 Å². The van der Waals surface area contributed by atoms with Crippen molar-refractivity contribution >= 4 is 27.7 Å². The Kier molecular flexibility index (Phi) is 3.64. The van der Waals surface area contributed by atoms with Gasteiger partial charge in [-0.15, -0.1) is 0 Å². The summed E-state index contributed by atoms with van der Waals surface area (Å²) in [5.41, 5.74) is 1.33. The van der Waals surface area contributed by atoms with Crippen LogP contribution in [0.15, 0.2) is 22.7 Å². The molecule has 0 bridgehead atoms. The lowest BCUT2D eigenvalue weighted by Crippen LogP contribution is -2.37. The largest absolute Gasteiger partial charge is 0.488 e. The third-order valence-corrected chi connectivity index (χ3v) is 4.98. The predicted octanol–water partition coefficient (Wildman–Crippen LogP) is 2.85. The molecule has 3 rings (SSSR count). The molecule has 2 atom stereocenters. The molecule has 1 aromatic carbocycles. The summed E-state index contributed by atoms with van der Waals surface area (Å²) in [6.45, 7) is 0.970. The summed E-state index contributed by atoms with van der Waals surface area (Å²) in [4.78, 5) is 0. The van der Waals surface area contributed by atoms with Crippen molar-refractivity contribution in [2.45, 2.75) is 25.0 Å². The summed E-state index contributed by atoms with van der Waals surface area (Å²) in [6.07, 6.45) is 2.64. The third kappa shape index (κ3) is 2.80. The minimum Gasteiger partial charge on any atom is -0.488 e. The van der Waals surface area contributed by atoms with Crippen LogP contribution in [-0.4, -0.2) is 30.2 Å². The lowest BCUT2D eigenvalue weighted by Gasteiger charge is -2.15. The van der Waals surface area contributed by atoms with Crippen LogP contribution in [0, 0.1) is 0 Å². The van der Waals surface area contributed by atoms with Gasteiger partial charge in [0.2, 0.25) is 0 Å². The van der Waals surface area contributed by atoms with E-state index >= 15 is 0 Å². The standard InChI is InChI=1S/C13H16BrNOS/c14-10-1-2-13-9(5-10)6-12(16-13)7-15-11-3-4-17-8-11/h1-2,5,11-12,15H,3-4,6-8H2. The second kappa shape index (κ2) is 5.21. The van der Waals surface area contributed by atoms with Gasteiger partial charge in [-0.1, -0.05) is 15.9 Å². The van der Waals surface area contributed by atoms with Crippen LogP contribution < -0.4 is 10.1 Å². The van der Waals surface area contributed by atoms with Gasteiger partial charge in [0.25, 0.3) is 0 Å². The van der Waals surface area contributed by atoms with Crippen LogP contribution in [0.5, 0.6) is 5.75 Å². The van der Waals surface area contributed by atoms with Gasteiger partial charge >= 0.3 is 0 Å². The SMILES string of the molecule is Brc1ccc2c(c1)CC(CNC1CCSC1)O2. The van der Waals surface area contributed by atoms with E-state index in [0.29, 0.717) is 12.1 Å². The van der Waals surface area contributed by atoms with Crippen LogP contribution in [-0.2, 0) is 6.42 Å². The summed E-state index contributed by atoms with van der Waals surface area (Å²) in [6, 6.07) is 6.97. The van der Waals surface area contributed by atoms with Crippen molar-refractivity contribution in [3.05, 3.63) is 28.2 Å². The molecule has 0 aromatic heterocycles. The molecular formula is C13H16BrNOS. The number of rotatable bonds is 3. The Morgan fingerprint density at radius 1 is 1.47 bits per heavy atom. The molecule has 0 radical (unpaired) electrons. The lowest BCUT2D eigenvalue weighted by molar-refractivity contribution is 0.223. The molecule has 1 fully saturated rings. The average molecular weight is 314 g/mol. The van der Waals surface area contributed by atoms with Crippen LogP contribution in [0.4, 0.5) is 0 Å². The molecule has 2 nitrogen and oxygen atoms in total. The maximum Gasteiger partial charge on any atom is 0.123 e. The zero-order valence-corrected chi connectivity index (χ0v) is 12.0. The highest BCUT2D eigenvalue weighted by Crippen LogP contribution is 2.31. The van der Waals surface area contributed by atoms with Crippen LogP contribution in [0.2, 0.25) is 0 Å². The molecule has 2 aliphatic heterocycles. The van der Waals surface area contributed by atoms with E-state index in [1.165, 1.54) is 23.5 Å². The quantitative estimate of drug-likeness (QED) is 0.927. The van der Waals surface area contributed by atoms with Crippen molar-refractivity contribution in [2.24, 2.45) is 0 Å². The minimum absolute atomic E-state index is 0.310. The van der Waals surface area contributed by atoms with Gasteiger partial charge in [-0.2, -0.15) is 11.8 Å². The van der Waals surface area contributed by atoms with Gasteiger partial charge in [0, 0.05) is 29.2 Å². The molecule has 0 aliphatic carbocycles. The fourth-order valence-corrected chi connectivity index (χ4v) is 3.99. The molecule has 4 heteroatoms. The zero-order chi connectivity index (χ0) is 11.7. The molecule has 1 N–H and O–H groups in total. The van der Waals surface area contributed by atoms with Crippen molar-refractivity contribution < 1.29 is 4.74 Å². The van der Waals surface area contributed by atoms with Gasteiger partial charge < -0.3 is 10.1 Å². The van der Waals surface area contributed by atoms with Gasteiger partial charge in [0.1, 0.15) is 11.9 Å². The molecule has 2 unspecified atom stereocenters. The second-order valence-electron chi connectivity index (χ2n) is 4.66. The Hall–Kier alpha value is -0.190. The maximum absolute atomic E-state index is 5.93. The molecule has 2 aliphatic rings. The summed E-state index contributed by atoms with van der Waals surface area (Å²) in [5.74, 6) is 3.61. The molecule has 1 saturated heterocycles.